The predicted octanol–water partition coefficient (Wildman–Crippen LogP) is 4.54. The SMILES string of the molecule is CCOC(=O)CNC(=O)NCc1nnc(SCc2ccccc2C)n1-c1ccc(Cl)cc1Cl. The van der Waals surface area contributed by atoms with E-state index in [1.54, 1.807) is 29.7 Å². The first-order chi connectivity index (χ1) is 15.9. The molecule has 0 aliphatic rings. The van der Waals surface area contributed by atoms with Gasteiger partial charge in [-0.05, 0) is 43.2 Å². The second kappa shape index (κ2) is 11.9. The third-order valence-electron chi connectivity index (χ3n) is 4.57. The van der Waals surface area contributed by atoms with Crippen LogP contribution < -0.4 is 10.6 Å². The van der Waals surface area contributed by atoms with E-state index in [9.17, 15) is 9.59 Å². The zero-order valence-electron chi connectivity index (χ0n) is 18.1. The molecule has 0 radical (unpaired) electrons. The van der Waals surface area contributed by atoms with Crippen LogP contribution in [0.3, 0.4) is 0 Å². The summed E-state index contributed by atoms with van der Waals surface area (Å²) in [5.74, 6) is 0.639. The summed E-state index contributed by atoms with van der Waals surface area (Å²) in [6.07, 6.45) is 0. The maximum absolute atomic E-state index is 12.1. The van der Waals surface area contributed by atoms with Gasteiger partial charge in [0, 0.05) is 10.8 Å². The number of amides is 2. The fraction of sp³-hybridized carbons (Fsp3) is 0.273. The average Bonchev–Trinajstić information content (AvgIpc) is 3.18. The van der Waals surface area contributed by atoms with E-state index in [1.807, 2.05) is 12.1 Å². The number of hydrogen-bond acceptors (Lipinski definition) is 6. The highest BCUT2D eigenvalue weighted by Gasteiger charge is 2.18. The van der Waals surface area contributed by atoms with Crippen molar-refractivity contribution in [1.82, 2.24) is 25.4 Å². The Hall–Kier alpha value is -2.75. The smallest absolute Gasteiger partial charge is 0.325 e. The molecule has 0 unspecified atom stereocenters. The van der Waals surface area contributed by atoms with E-state index in [1.165, 1.54) is 22.9 Å². The molecule has 0 fully saturated rings. The molecule has 8 nitrogen and oxygen atoms in total. The highest BCUT2D eigenvalue weighted by molar-refractivity contribution is 7.98. The van der Waals surface area contributed by atoms with Crippen LogP contribution in [0.5, 0.6) is 0 Å². The van der Waals surface area contributed by atoms with Gasteiger partial charge in [-0.3, -0.25) is 9.36 Å². The van der Waals surface area contributed by atoms with Gasteiger partial charge in [-0.1, -0.05) is 59.2 Å². The molecule has 2 N–H and O–H groups in total. The molecular formula is C22H23Cl2N5O3S. The Kier molecular flexibility index (Phi) is 8.99. The van der Waals surface area contributed by atoms with Gasteiger partial charge in [-0.15, -0.1) is 10.2 Å². The van der Waals surface area contributed by atoms with Gasteiger partial charge in [0.05, 0.1) is 23.9 Å². The molecule has 1 aromatic heterocycles. The lowest BCUT2D eigenvalue weighted by Gasteiger charge is -2.13. The van der Waals surface area contributed by atoms with Gasteiger partial charge in [0.2, 0.25) is 0 Å². The van der Waals surface area contributed by atoms with E-state index in [0.717, 1.165) is 0 Å². The van der Waals surface area contributed by atoms with Crippen LogP contribution in [0, 0.1) is 6.92 Å². The van der Waals surface area contributed by atoms with Crippen molar-refractivity contribution in [3.05, 3.63) is 69.5 Å². The Bertz CT molecular complexity index is 1140. The molecule has 0 saturated heterocycles. The second-order valence-corrected chi connectivity index (χ2v) is 8.67. The number of aromatic nitrogens is 3. The Morgan fingerprint density at radius 2 is 1.91 bits per heavy atom. The zero-order chi connectivity index (χ0) is 23.8. The quantitative estimate of drug-likeness (QED) is 0.326. The van der Waals surface area contributed by atoms with Gasteiger partial charge in [0.15, 0.2) is 11.0 Å². The summed E-state index contributed by atoms with van der Waals surface area (Å²) in [6, 6.07) is 12.7. The molecule has 0 spiro atoms. The number of aryl methyl sites for hydroxylation is 1. The maximum atomic E-state index is 12.1. The molecule has 11 heteroatoms. The number of rotatable bonds is 9. The molecule has 33 heavy (non-hydrogen) atoms. The van der Waals surface area contributed by atoms with E-state index in [-0.39, 0.29) is 19.7 Å². The molecule has 3 aromatic rings. The van der Waals surface area contributed by atoms with Crippen LogP contribution in [-0.2, 0) is 21.8 Å². The number of ether oxygens (including phenoxy) is 1. The van der Waals surface area contributed by atoms with Crippen LogP contribution in [0.1, 0.15) is 23.9 Å². The number of hydrogen-bond donors (Lipinski definition) is 2. The highest BCUT2D eigenvalue weighted by atomic mass is 35.5. The molecule has 3 rings (SSSR count). The van der Waals surface area contributed by atoms with Crippen molar-refractivity contribution in [2.75, 3.05) is 13.2 Å². The molecule has 0 saturated carbocycles. The van der Waals surface area contributed by atoms with E-state index >= 15 is 0 Å². The largest absolute Gasteiger partial charge is 0.465 e. The van der Waals surface area contributed by atoms with Gasteiger partial charge in [0.25, 0.3) is 0 Å². The minimum absolute atomic E-state index is 0.0611. The fourth-order valence-electron chi connectivity index (χ4n) is 2.91. The van der Waals surface area contributed by atoms with Crippen molar-refractivity contribution in [1.29, 1.82) is 0 Å². The molecule has 0 atom stereocenters. The third-order valence-corrected chi connectivity index (χ3v) is 6.09. The Morgan fingerprint density at radius 1 is 1.12 bits per heavy atom. The van der Waals surface area contributed by atoms with Crippen LogP contribution in [0.15, 0.2) is 47.6 Å². The summed E-state index contributed by atoms with van der Waals surface area (Å²) in [6.45, 7) is 3.83. The summed E-state index contributed by atoms with van der Waals surface area (Å²) in [4.78, 5) is 23.5. The zero-order valence-corrected chi connectivity index (χ0v) is 20.4. The number of urea groups is 1. The summed E-state index contributed by atoms with van der Waals surface area (Å²) >= 11 is 14.0. The fourth-order valence-corrected chi connectivity index (χ4v) is 4.45. The average molecular weight is 508 g/mol. The van der Waals surface area contributed by atoms with Gasteiger partial charge in [-0.25, -0.2) is 4.79 Å². The van der Waals surface area contributed by atoms with Crippen molar-refractivity contribution < 1.29 is 14.3 Å². The minimum atomic E-state index is -0.533. The van der Waals surface area contributed by atoms with Crippen molar-refractivity contribution in [2.24, 2.45) is 0 Å². The summed E-state index contributed by atoms with van der Waals surface area (Å²) in [5.41, 5.74) is 3.00. The first kappa shape index (κ1) is 24.9. The topological polar surface area (TPSA) is 98.1 Å². The highest BCUT2D eigenvalue weighted by Crippen LogP contribution is 2.31. The van der Waals surface area contributed by atoms with E-state index in [0.29, 0.717) is 32.5 Å². The van der Waals surface area contributed by atoms with Crippen molar-refractivity contribution in [2.45, 2.75) is 31.3 Å². The Labute approximate surface area is 206 Å². The third kappa shape index (κ3) is 6.86. The number of carbonyl (C=O) groups is 2. The molecule has 2 amide bonds. The van der Waals surface area contributed by atoms with Crippen LogP contribution in [0.25, 0.3) is 5.69 Å². The molecule has 1 heterocycles. The molecule has 0 bridgehead atoms. The van der Waals surface area contributed by atoms with Crippen LogP contribution in [0.4, 0.5) is 4.79 Å². The van der Waals surface area contributed by atoms with Crippen molar-refractivity contribution in [3.63, 3.8) is 0 Å². The molecule has 2 aromatic carbocycles. The number of thioether (sulfide) groups is 1. The van der Waals surface area contributed by atoms with Crippen LogP contribution >= 0.6 is 35.0 Å². The number of halogens is 2. The first-order valence-electron chi connectivity index (χ1n) is 10.1. The molecule has 0 aliphatic heterocycles. The predicted molar refractivity (Wildman–Crippen MR) is 129 cm³/mol. The van der Waals surface area contributed by atoms with Crippen molar-refractivity contribution in [3.8, 4) is 5.69 Å². The van der Waals surface area contributed by atoms with E-state index < -0.39 is 12.0 Å². The summed E-state index contributed by atoms with van der Waals surface area (Å²) in [7, 11) is 0. The second-order valence-electron chi connectivity index (χ2n) is 6.89. The lowest BCUT2D eigenvalue weighted by molar-refractivity contribution is -0.141. The standard InChI is InChI=1S/C22H23Cl2N5O3S/c1-3-32-20(30)12-26-21(31)25-11-19-27-28-22(33-13-15-7-5-4-6-14(15)2)29(19)18-9-8-16(23)10-17(18)24/h4-10H,3,11-13H2,1-2H3,(H2,25,26,31). The lowest BCUT2D eigenvalue weighted by atomic mass is 10.1. The molecule has 0 aliphatic carbocycles. The number of carbonyl (C=O) groups excluding carboxylic acids is 2. The minimum Gasteiger partial charge on any atom is -0.465 e. The number of nitrogens with one attached hydrogen (secondary N) is 2. The number of esters is 1. The monoisotopic (exact) mass is 507 g/mol. The summed E-state index contributed by atoms with van der Waals surface area (Å²) in [5, 5.41) is 15.2. The van der Waals surface area contributed by atoms with E-state index in [4.69, 9.17) is 27.9 Å². The van der Waals surface area contributed by atoms with Gasteiger partial charge in [-0.2, -0.15) is 0 Å². The van der Waals surface area contributed by atoms with Gasteiger partial charge in [0.1, 0.15) is 6.54 Å². The van der Waals surface area contributed by atoms with Crippen LogP contribution in [0.2, 0.25) is 10.0 Å². The van der Waals surface area contributed by atoms with E-state index in [2.05, 4.69) is 39.9 Å². The molecular weight excluding hydrogens is 485 g/mol. The maximum Gasteiger partial charge on any atom is 0.325 e. The number of nitrogens with zero attached hydrogens (tertiary/aromatic N) is 3. The lowest BCUT2D eigenvalue weighted by Crippen LogP contribution is -2.39. The first-order valence-corrected chi connectivity index (χ1v) is 11.9. The van der Waals surface area contributed by atoms with Crippen molar-refractivity contribution >= 4 is 47.0 Å². The summed E-state index contributed by atoms with van der Waals surface area (Å²) < 4.78 is 6.58. The number of benzene rings is 2. The van der Waals surface area contributed by atoms with Gasteiger partial charge >= 0.3 is 12.0 Å². The van der Waals surface area contributed by atoms with Gasteiger partial charge < -0.3 is 15.4 Å². The normalized spacial score (nSPS) is 10.7. The van der Waals surface area contributed by atoms with Crippen LogP contribution in [-0.4, -0.2) is 39.9 Å². The Morgan fingerprint density at radius 3 is 2.64 bits per heavy atom. The molecule has 174 valence electrons. The Balaban J connectivity index is 1.79.